The number of carbonyl (C=O) groups is 1. The third-order valence-corrected chi connectivity index (χ3v) is 1.55. The predicted octanol–water partition coefficient (Wildman–Crippen LogP) is 0.906. The summed E-state index contributed by atoms with van der Waals surface area (Å²) in [5.74, 6) is -0.463. The maximum atomic E-state index is 13.0. The molecule has 14 heavy (non-hydrogen) atoms. The Kier molecular flexibility index (Phi) is 3.87. The van der Waals surface area contributed by atoms with E-state index in [-0.39, 0.29) is 5.69 Å². The van der Waals surface area contributed by atoms with Crippen LogP contribution < -0.4 is 16.4 Å². The minimum atomic E-state index is -0.463. The first-order chi connectivity index (χ1) is 6.74. The van der Waals surface area contributed by atoms with E-state index in [1.54, 1.807) is 12.1 Å². The molecule has 1 aromatic rings. The third kappa shape index (κ3) is 3.02. The zero-order valence-electron chi connectivity index (χ0n) is 7.59. The number of nitrogens with two attached hydrogens (primary N) is 1. The SMILES string of the molecule is NCCNC(=O)Nc1ccccc1F. The highest BCUT2D eigenvalue weighted by atomic mass is 19.1. The van der Waals surface area contributed by atoms with Crippen molar-refractivity contribution in [3.63, 3.8) is 0 Å². The molecule has 0 aromatic heterocycles. The quantitative estimate of drug-likeness (QED) is 0.674. The maximum Gasteiger partial charge on any atom is 0.319 e. The summed E-state index contributed by atoms with van der Waals surface area (Å²) in [5.41, 5.74) is 5.34. The highest BCUT2D eigenvalue weighted by molar-refractivity contribution is 5.89. The number of amides is 2. The molecular weight excluding hydrogens is 185 g/mol. The molecule has 0 bridgehead atoms. The van der Waals surface area contributed by atoms with Crippen LogP contribution in [0.15, 0.2) is 24.3 Å². The van der Waals surface area contributed by atoms with Crippen molar-refractivity contribution in [1.82, 2.24) is 5.32 Å². The normalized spacial score (nSPS) is 9.57. The summed E-state index contributed by atoms with van der Waals surface area (Å²) in [4.78, 5) is 11.1. The van der Waals surface area contributed by atoms with Crippen LogP contribution in [-0.4, -0.2) is 19.1 Å². The number of nitrogens with one attached hydrogen (secondary N) is 2. The number of benzene rings is 1. The van der Waals surface area contributed by atoms with Gasteiger partial charge in [-0.25, -0.2) is 9.18 Å². The van der Waals surface area contributed by atoms with Gasteiger partial charge in [0.05, 0.1) is 5.69 Å². The maximum absolute atomic E-state index is 13.0. The van der Waals surface area contributed by atoms with Crippen molar-refractivity contribution >= 4 is 11.7 Å². The fourth-order valence-electron chi connectivity index (χ4n) is 0.915. The van der Waals surface area contributed by atoms with Crippen LogP contribution in [0.2, 0.25) is 0 Å². The van der Waals surface area contributed by atoms with Gasteiger partial charge >= 0.3 is 6.03 Å². The van der Waals surface area contributed by atoms with E-state index in [1.807, 2.05) is 0 Å². The van der Waals surface area contributed by atoms with Gasteiger partial charge < -0.3 is 16.4 Å². The van der Waals surface area contributed by atoms with Gasteiger partial charge in [0.15, 0.2) is 0 Å². The molecule has 4 nitrogen and oxygen atoms in total. The summed E-state index contributed by atoms with van der Waals surface area (Å²) in [5, 5.41) is 4.83. The number of carbonyl (C=O) groups excluding carboxylic acids is 1. The van der Waals surface area contributed by atoms with Crippen molar-refractivity contribution < 1.29 is 9.18 Å². The monoisotopic (exact) mass is 197 g/mol. The Morgan fingerprint density at radius 3 is 2.79 bits per heavy atom. The fourth-order valence-corrected chi connectivity index (χ4v) is 0.915. The number of rotatable bonds is 3. The molecule has 0 heterocycles. The topological polar surface area (TPSA) is 67.1 Å². The number of anilines is 1. The number of urea groups is 1. The van der Waals surface area contributed by atoms with Gasteiger partial charge in [-0.3, -0.25) is 0 Å². The predicted molar refractivity (Wildman–Crippen MR) is 52.5 cm³/mol. The summed E-state index contributed by atoms with van der Waals surface area (Å²) in [6.45, 7) is 0.713. The van der Waals surface area contributed by atoms with E-state index < -0.39 is 11.8 Å². The molecule has 76 valence electrons. The molecule has 0 saturated heterocycles. The Morgan fingerprint density at radius 2 is 2.14 bits per heavy atom. The lowest BCUT2D eigenvalue weighted by Crippen LogP contribution is -2.33. The Hall–Kier alpha value is -1.62. The highest BCUT2D eigenvalue weighted by Crippen LogP contribution is 2.11. The molecule has 0 atom stereocenters. The lowest BCUT2D eigenvalue weighted by Gasteiger charge is -2.06. The second-order valence-corrected chi connectivity index (χ2v) is 2.65. The van der Waals surface area contributed by atoms with Crippen molar-refractivity contribution in [2.24, 2.45) is 5.73 Å². The standard InChI is InChI=1S/C9H12FN3O/c10-7-3-1-2-4-8(7)13-9(14)12-6-5-11/h1-4H,5-6,11H2,(H2,12,13,14). The van der Waals surface area contributed by atoms with Gasteiger partial charge in [0.25, 0.3) is 0 Å². The van der Waals surface area contributed by atoms with E-state index in [0.29, 0.717) is 13.1 Å². The Labute approximate surface area is 81.3 Å². The van der Waals surface area contributed by atoms with E-state index >= 15 is 0 Å². The Morgan fingerprint density at radius 1 is 1.43 bits per heavy atom. The summed E-state index contributed by atoms with van der Waals surface area (Å²) in [6, 6.07) is 5.50. The summed E-state index contributed by atoms with van der Waals surface area (Å²) >= 11 is 0. The molecule has 4 N–H and O–H groups in total. The molecular formula is C9H12FN3O. The van der Waals surface area contributed by atoms with Gasteiger partial charge in [-0.05, 0) is 12.1 Å². The number of para-hydroxylation sites is 1. The van der Waals surface area contributed by atoms with Crippen LogP contribution in [0.1, 0.15) is 0 Å². The van der Waals surface area contributed by atoms with Gasteiger partial charge in [0.2, 0.25) is 0 Å². The van der Waals surface area contributed by atoms with E-state index in [4.69, 9.17) is 5.73 Å². The van der Waals surface area contributed by atoms with Gasteiger partial charge in [0.1, 0.15) is 5.82 Å². The number of hydrogen-bond donors (Lipinski definition) is 3. The largest absolute Gasteiger partial charge is 0.337 e. The molecule has 0 aliphatic heterocycles. The minimum absolute atomic E-state index is 0.155. The van der Waals surface area contributed by atoms with E-state index in [9.17, 15) is 9.18 Å². The van der Waals surface area contributed by atoms with E-state index in [0.717, 1.165) is 0 Å². The van der Waals surface area contributed by atoms with E-state index in [1.165, 1.54) is 12.1 Å². The molecule has 0 aliphatic carbocycles. The summed E-state index contributed by atoms with van der Waals surface area (Å²) in [7, 11) is 0. The third-order valence-electron chi connectivity index (χ3n) is 1.55. The highest BCUT2D eigenvalue weighted by Gasteiger charge is 2.03. The second kappa shape index (κ2) is 5.18. The van der Waals surface area contributed by atoms with Gasteiger partial charge in [-0.2, -0.15) is 0 Å². The van der Waals surface area contributed by atoms with Crippen molar-refractivity contribution in [3.8, 4) is 0 Å². The zero-order chi connectivity index (χ0) is 10.4. The van der Waals surface area contributed by atoms with Gasteiger partial charge in [-0.1, -0.05) is 12.1 Å². The number of hydrogen-bond acceptors (Lipinski definition) is 2. The van der Waals surface area contributed by atoms with Crippen LogP contribution in [0.3, 0.4) is 0 Å². The molecule has 0 unspecified atom stereocenters. The number of halogens is 1. The Bertz CT molecular complexity index is 317. The van der Waals surface area contributed by atoms with Gasteiger partial charge in [-0.15, -0.1) is 0 Å². The second-order valence-electron chi connectivity index (χ2n) is 2.65. The lowest BCUT2D eigenvalue weighted by molar-refractivity contribution is 0.252. The average molecular weight is 197 g/mol. The smallest absolute Gasteiger partial charge is 0.319 e. The zero-order valence-corrected chi connectivity index (χ0v) is 7.59. The van der Waals surface area contributed by atoms with Crippen LogP contribution in [0.25, 0.3) is 0 Å². The van der Waals surface area contributed by atoms with Gasteiger partial charge in [0, 0.05) is 13.1 Å². The van der Waals surface area contributed by atoms with Crippen LogP contribution in [0.5, 0.6) is 0 Å². The summed E-state index contributed by atoms with van der Waals surface area (Å²) in [6.07, 6.45) is 0. The first-order valence-electron chi connectivity index (χ1n) is 4.23. The van der Waals surface area contributed by atoms with Crippen molar-refractivity contribution in [2.75, 3.05) is 18.4 Å². The van der Waals surface area contributed by atoms with Crippen LogP contribution in [-0.2, 0) is 0 Å². The molecule has 0 fully saturated rings. The molecule has 1 aromatic carbocycles. The molecule has 0 saturated carbocycles. The first kappa shape index (κ1) is 10.5. The van der Waals surface area contributed by atoms with E-state index in [2.05, 4.69) is 10.6 Å². The van der Waals surface area contributed by atoms with Crippen LogP contribution >= 0.6 is 0 Å². The van der Waals surface area contributed by atoms with Crippen LogP contribution in [0.4, 0.5) is 14.9 Å². The minimum Gasteiger partial charge on any atom is -0.337 e. The van der Waals surface area contributed by atoms with Crippen LogP contribution in [0, 0.1) is 5.82 Å². The molecule has 0 spiro atoms. The molecule has 0 radical (unpaired) electrons. The van der Waals surface area contributed by atoms with Crippen molar-refractivity contribution in [1.29, 1.82) is 0 Å². The summed E-state index contributed by atoms with van der Waals surface area (Å²) < 4.78 is 13.0. The average Bonchev–Trinajstić information content (AvgIpc) is 2.18. The molecule has 2 amide bonds. The molecule has 0 aliphatic rings. The fraction of sp³-hybridized carbons (Fsp3) is 0.222. The first-order valence-corrected chi connectivity index (χ1v) is 4.23. The van der Waals surface area contributed by atoms with Crippen molar-refractivity contribution in [2.45, 2.75) is 0 Å². The molecule has 1 rings (SSSR count). The lowest BCUT2D eigenvalue weighted by atomic mass is 10.3. The Balaban J connectivity index is 2.52. The molecule has 5 heteroatoms. The van der Waals surface area contributed by atoms with Crippen molar-refractivity contribution in [3.05, 3.63) is 30.1 Å².